The van der Waals surface area contributed by atoms with Gasteiger partial charge in [-0.2, -0.15) is 0 Å². The molecule has 0 aliphatic rings. The smallest absolute Gasteiger partial charge is 0.550 e. The Hall–Kier alpha value is -1.68. The molecule has 0 N–H and O–H groups in total. The van der Waals surface area contributed by atoms with Crippen LogP contribution in [0.4, 0.5) is 0 Å². The van der Waals surface area contributed by atoms with Gasteiger partial charge in [0.05, 0.1) is 0 Å². The van der Waals surface area contributed by atoms with Crippen LogP contribution in [0.2, 0.25) is 0 Å². The second-order valence-corrected chi connectivity index (χ2v) is 9.25. The van der Waals surface area contributed by atoms with Gasteiger partial charge in [-0.3, -0.25) is 0 Å². The average Bonchev–Trinajstić information content (AvgIpc) is 2.80. The first-order chi connectivity index (χ1) is 16.4. The number of hydrogen-bond donors (Lipinski definition) is 0. The Kier molecular flexibility index (Phi) is 20.5. The van der Waals surface area contributed by atoms with Crippen molar-refractivity contribution in [1.29, 1.82) is 0 Å². The Morgan fingerprint density at radius 1 is 0.514 bits per heavy atom. The largest absolute Gasteiger partial charge is 2.00 e. The molecule has 2 rings (SSSR count). The normalized spacial score (nSPS) is 10.1. The maximum Gasteiger partial charge on any atom is 2.00 e. The molecule has 0 aromatic heterocycles. The van der Waals surface area contributed by atoms with Gasteiger partial charge in [-0.25, -0.2) is 0 Å². The van der Waals surface area contributed by atoms with Gasteiger partial charge >= 0.3 is 27.7 Å². The van der Waals surface area contributed by atoms with Crippen LogP contribution in [0.5, 0.6) is 0 Å². The third-order valence-electron chi connectivity index (χ3n) is 5.93. The molecule has 4 nitrogen and oxygen atoms in total. The zero-order valence-corrected chi connectivity index (χ0v) is 27.4. The van der Waals surface area contributed by atoms with Gasteiger partial charge < -0.3 is 19.8 Å². The molecule has 0 spiro atoms. The van der Waals surface area contributed by atoms with E-state index in [0.717, 1.165) is 51.4 Å². The molecule has 188 valence electrons. The summed E-state index contributed by atoms with van der Waals surface area (Å²) in [6.07, 6.45) is 13.2. The van der Waals surface area contributed by atoms with E-state index in [1.807, 2.05) is 0 Å². The number of aliphatic carboxylic acids is 2. The first-order valence-electron chi connectivity index (χ1n) is 12.9. The van der Waals surface area contributed by atoms with Crippen LogP contribution in [-0.4, -0.2) is 11.9 Å². The second kappa shape index (κ2) is 21.6. The number of carboxylic acids is 2. The molecule has 0 unspecified atom stereocenters. The summed E-state index contributed by atoms with van der Waals surface area (Å²) >= 11 is 0. The van der Waals surface area contributed by atoms with Gasteiger partial charge in [0.15, 0.2) is 0 Å². The van der Waals surface area contributed by atoms with Crippen LogP contribution in [0, 0.1) is 13.8 Å². The molecule has 0 bridgehead atoms. The van der Waals surface area contributed by atoms with Crippen LogP contribution in [0.1, 0.15) is 99.3 Å². The van der Waals surface area contributed by atoms with Gasteiger partial charge in [-0.1, -0.05) is 98.2 Å². The first-order valence-corrected chi connectivity index (χ1v) is 12.9. The van der Waals surface area contributed by atoms with E-state index in [2.05, 4.69) is 62.4 Å². The Bertz CT molecular complexity index is 731. The number of benzene rings is 2. The maximum absolute atomic E-state index is 10.2. The summed E-state index contributed by atoms with van der Waals surface area (Å²) < 4.78 is 0. The van der Waals surface area contributed by atoms with E-state index in [1.54, 1.807) is 0 Å². The zero-order chi connectivity index (χ0) is 25.0. The van der Waals surface area contributed by atoms with Crippen LogP contribution in [0.15, 0.2) is 48.5 Å². The Morgan fingerprint density at radius 2 is 0.800 bits per heavy atom. The predicted molar refractivity (Wildman–Crippen MR) is 135 cm³/mol. The number of carbonyl (C=O) groups is 2. The summed E-state index contributed by atoms with van der Waals surface area (Å²) in [4.78, 5) is 20.4. The van der Waals surface area contributed by atoms with E-state index in [1.165, 1.54) is 47.9 Å². The van der Waals surface area contributed by atoms with Crippen LogP contribution in [0.3, 0.4) is 0 Å². The molecule has 0 aliphatic heterocycles. The van der Waals surface area contributed by atoms with E-state index in [4.69, 9.17) is 0 Å². The van der Waals surface area contributed by atoms with Gasteiger partial charge in [0.1, 0.15) is 0 Å². The number of carbonyl (C=O) groups excluding carboxylic acids is 2. The fourth-order valence-corrected chi connectivity index (χ4v) is 3.77. The third kappa shape index (κ3) is 20.2. The maximum atomic E-state index is 10.2. The summed E-state index contributed by atoms with van der Waals surface area (Å²) in [5.41, 5.74) is 5.39. The van der Waals surface area contributed by atoms with Gasteiger partial charge in [0.2, 0.25) is 0 Å². The summed E-state index contributed by atoms with van der Waals surface area (Å²) in [5, 5.41) is 20.4. The Balaban J connectivity index is 0.000000642. The van der Waals surface area contributed by atoms with Crippen molar-refractivity contribution in [3.05, 3.63) is 70.8 Å². The molecule has 0 amide bonds. The monoisotopic (exact) mass is 668 g/mol. The number of aryl methyl sites for hydroxylation is 4. The molecule has 2 aromatic carbocycles. The molecule has 0 radical (unpaired) electrons. The summed E-state index contributed by atoms with van der Waals surface area (Å²) in [6, 6.07) is 17.3. The third-order valence-corrected chi connectivity index (χ3v) is 5.93. The Morgan fingerprint density at radius 3 is 1.11 bits per heavy atom. The molecule has 0 heterocycles. The van der Waals surface area contributed by atoms with Crippen molar-refractivity contribution in [2.24, 2.45) is 0 Å². The van der Waals surface area contributed by atoms with Crippen LogP contribution < -0.4 is 10.2 Å². The van der Waals surface area contributed by atoms with E-state index < -0.39 is 11.9 Å². The molecule has 0 saturated carbocycles. The molecule has 0 atom stereocenters. The standard InChI is InChI=1S/2C15H22O2.Hg/c2*1-13-9-11-14(12-10-13)7-5-3-2-4-6-8-15(16)17;/h2*9-12H,2-8H2,1H3,(H,16,17);/q;;+2/p-2. The number of hydrogen-bond acceptors (Lipinski definition) is 4. The van der Waals surface area contributed by atoms with Crippen molar-refractivity contribution < 1.29 is 47.5 Å². The second-order valence-electron chi connectivity index (χ2n) is 9.25. The fourth-order valence-electron chi connectivity index (χ4n) is 3.77. The number of unbranched alkanes of at least 4 members (excludes halogenated alkanes) is 8. The van der Waals surface area contributed by atoms with E-state index in [9.17, 15) is 19.8 Å². The average molecular weight is 667 g/mol. The van der Waals surface area contributed by atoms with Crippen molar-refractivity contribution >= 4 is 11.9 Å². The van der Waals surface area contributed by atoms with Gasteiger partial charge in [-0.15, -0.1) is 0 Å². The minimum absolute atomic E-state index is 0. The predicted octanol–water partition coefficient (Wildman–Crippen LogP) is 5.25. The molecule has 0 fully saturated rings. The Labute approximate surface area is 233 Å². The molecule has 5 heteroatoms. The first kappa shape index (κ1) is 33.3. The van der Waals surface area contributed by atoms with Crippen LogP contribution in [0.25, 0.3) is 0 Å². The quantitative estimate of drug-likeness (QED) is 0.181. The minimum atomic E-state index is -0.926. The van der Waals surface area contributed by atoms with Crippen molar-refractivity contribution in [3.8, 4) is 0 Å². The molecule has 0 aliphatic carbocycles. The molecule has 0 saturated heterocycles. The number of carboxylic acid groups (broad SMARTS) is 2. The topological polar surface area (TPSA) is 80.3 Å². The van der Waals surface area contributed by atoms with Gasteiger partial charge in [0.25, 0.3) is 0 Å². The molecule has 2 aromatic rings. The number of rotatable bonds is 16. The molecular weight excluding hydrogens is 625 g/mol. The van der Waals surface area contributed by atoms with Crippen molar-refractivity contribution in [2.45, 2.75) is 104 Å². The molecular formula is C30H42HgO4. The van der Waals surface area contributed by atoms with Crippen molar-refractivity contribution in [1.82, 2.24) is 0 Å². The zero-order valence-electron chi connectivity index (χ0n) is 21.9. The van der Waals surface area contributed by atoms with Gasteiger partial charge in [-0.05, 0) is 76.3 Å². The summed E-state index contributed by atoms with van der Waals surface area (Å²) in [6.45, 7) is 4.20. The van der Waals surface area contributed by atoms with E-state index in [-0.39, 0.29) is 40.5 Å². The summed E-state index contributed by atoms with van der Waals surface area (Å²) in [5.74, 6) is -1.85. The summed E-state index contributed by atoms with van der Waals surface area (Å²) in [7, 11) is 0. The SMILES string of the molecule is Cc1ccc(CCCCCCCC(=O)[O-])cc1.Cc1ccc(CCCCCCCC(=O)[O-])cc1.[Hg+2]. The van der Waals surface area contributed by atoms with Crippen molar-refractivity contribution in [2.75, 3.05) is 0 Å². The minimum Gasteiger partial charge on any atom is -0.550 e. The van der Waals surface area contributed by atoms with Crippen LogP contribution in [-0.2, 0) is 50.1 Å². The van der Waals surface area contributed by atoms with Gasteiger partial charge in [0, 0.05) is 11.9 Å². The fraction of sp³-hybridized carbons (Fsp3) is 0.533. The van der Waals surface area contributed by atoms with E-state index in [0.29, 0.717) is 0 Å². The van der Waals surface area contributed by atoms with Crippen LogP contribution >= 0.6 is 0 Å². The van der Waals surface area contributed by atoms with E-state index >= 15 is 0 Å². The molecule has 35 heavy (non-hydrogen) atoms. The van der Waals surface area contributed by atoms with Crippen molar-refractivity contribution in [3.63, 3.8) is 0 Å².